The second kappa shape index (κ2) is 4.19. The van der Waals surface area contributed by atoms with Gasteiger partial charge in [-0.15, -0.1) is 0 Å². The number of aromatic nitrogens is 3. The molecule has 0 unspecified atom stereocenters. The smallest absolute Gasteiger partial charge is 0.410 e. The van der Waals surface area contributed by atoms with Crippen LogP contribution >= 0.6 is 11.6 Å². The molecule has 0 radical (unpaired) electrons. The minimum Gasteiger partial charge on any atom is -0.465 e. The molecule has 2 rings (SSSR count). The average Bonchev–Trinajstić information content (AvgIpc) is 2.66. The molecular formula is C9H7ClN4O2. The fourth-order valence-corrected chi connectivity index (χ4v) is 1.32. The van der Waals surface area contributed by atoms with Gasteiger partial charge in [-0.3, -0.25) is 5.32 Å². The average molecular weight is 239 g/mol. The molecule has 2 heterocycles. The van der Waals surface area contributed by atoms with Gasteiger partial charge in [0.05, 0.1) is 18.1 Å². The van der Waals surface area contributed by atoms with Crippen LogP contribution in [-0.2, 0) is 0 Å². The van der Waals surface area contributed by atoms with Crippen molar-refractivity contribution in [1.29, 1.82) is 0 Å². The van der Waals surface area contributed by atoms with E-state index in [4.69, 9.17) is 16.7 Å². The summed E-state index contributed by atoms with van der Waals surface area (Å²) >= 11 is 5.65. The van der Waals surface area contributed by atoms with Gasteiger partial charge < -0.3 is 5.11 Å². The second-order valence-corrected chi connectivity index (χ2v) is 3.28. The van der Waals surface area contributed by atoms with Gasteiger partial charge in [0.1, 0.15) is 11.0 Å². The van der Waals surface area contributed by atoms with Crippen molar-refractivity contribution in [2.75, 3.05) is 5.32 Å². The topological polar surface area (TPSA) is 80.0 Å². The van der Waals surface area contributed by atoms with Crippen LogP contribution in [0.1, 0.15) is 0 Å². The van der Waals surface area contributed by atoms with E-state index in [2.05, 4.69) is 15.4 Å². The van der Waals surface area contributed by atoms with Crippen molar-refractivity contribution in [3.63, 3.8) is 0 Å². The first-order chi connectivity index (χ1) is 7.66. The summed E-state index contributed by atoms with van der Waals surface area (Å²) in [5, 5.41) is 15.2. The Morgan fingerprint density at radius 2 is 2.25 bits per heavy atom. The number of amides is 1. The number of nitrogens with one attached hydrogen (secondary N) is 1. The van der Waals surface area contributed by atoms with Gasteiger partial charge in [0, 0.05) is 6.07 Å². The highest BCUT2D eigenvalue weighted by Crippen LogP contribution is 2.15. The van der Waals surface area contributed by atoms with Crippen molar-refractivity contribution in [3.05, 3.63) is 35.7 Å². The Labute approximate surface area is 95.5 Å². The zero-order valence-corrected chi connectivity index (χ0v) is 8.72. The summed E-state index contributed by atoms with van der Waals surface area (Å²) < 4.78 is 1.41. The lowest BCUT2D eigenvalue weighted by Crippen LogP contribution is -2.11. The highest BCUT2D eigenvalue weighted by atomic mass is 35.5. The normalized spacial score (nSPS) is 10.1. The van der Waals surface area contributed by atoms with E-state index in [-0.39, 0.29) is 0 Å². The molecule has 0 aliphatic carbocycles. The quantitative estimate of drug-likeness (QED) is 0.785. The van der Waals surface area contributed by atoms with Gasteiger partial charge in [0.25, 0.3) is 0 Å². The highest BCUT2D eigenvalue weighted by Gasteiger charge is 2.07. The molecule has 2 aromatic rings. The lowest BCUT2D eigenvalue weighted by atomic mass is 10.4. The lowest BCUT2D eigenvalue weighted by Gasteiger charge is -2.05. The first-order valence-electron chi connectivity index (χ1n) is 4.33. The Morgan fingerprint density at radius 1 is 1.44 bits per heavy atom. The van der Waals surface area contributed by atoms with Gasteiger partial charge in [-0.25, -0.2) is 14.5 Å². The maximum Gasteiger partial charge on any atom is 0.410 e. The maximum absolute atomic E-state index is 10.5. The number of halogens is 1. The van der Waals surface area contributed by atoms with Gasteiger partial charge in [-0.1, -0.05) is 11.6 Å². The van der Waals surface area contributed by atoms with Crippen LogP contribution in [0.5, 0.6) is 0 Å². The molecule has 0 spiro atoms. The molecule has 16 heavy (non-hydrogen) atoms. The number of hydrogen-bond acceptors (Lipinski definition) is 3. The summed E-state index contributed by atoms with van der Waals surface area (Å²) in [6, 6.07) is 4.83. The summed E-state index contributed by atoms with van der Waals surface area (Å²) in [5.74, 6) is 0.344. The Bertz CT molecular complexity index is 508. The number of hydrogen-bond donors (Lipinski definition) is 2. The fraction of sp³-hybridized carbons (Fsp3) is 0. The van der Waals surface area contributed by atoms with Crippen LogP contribution in [0.3, 0.4) is 0 Å². The summed E-state index contributed by atoms with van der Waals surface area (Å²) in [6.45, 7) is 0. The Morgan fingerprint density at radius 3 is 2.88 bits per heavy atom. The number of anilines is 1. The SMILES string of the molecule is O=C(O)Nc1ccnn1-c1ccc(Cl)nc1. The van der Waals surface area contributed by atoms with Crippen molar-refractivity contribution in [2.24, 2.45) is 0 Å². The van der Waals surface area contributed by atoms with E-state index in [1.807, 2.05) is 0 Å². The molecular weight excluding hydrogens is 232 g/mol. The highest BCUT2D eigenvalue weighted by molar-refractivity contribution is 6.29. The summed E-state index contributed by atoms with van der Waals surface area (Å²) in [7, 11) is 0. The molecule has 0 saturated heterocycles. The Hall–Kier alpha value is -2.08. The zero-order valence-electron chi connectivity index (χ0n) is 7.96. The van der Waals surface area contributed by atoms with E-state index in [1.54, 1.807) is 18.2 Å². The van der Waals surface area contributed by atoms with Crippen LogP contribution in [-0.4, -0.2) is 26.0 Å². The fourth-order valence-electron chi connectivity index (χ4n) is 1.21. The standard InChI is InChI=1S/C9H7ClN4O2/c10-7-2-1-6(5-11-7)14-8(3-4-12-14)13-9(15)16/h1-5,13H,(H,15,16). The van der Waals surface area contributed by atoms with Gasteiger partial charge in [0.15, 0.2) is 0 Å². The molecule has 0 aromatic carbocycles. The maximum atomic E-state index is 10.5. The first-order valence-corrected chi connectivity index (χ1v) is 4.70. The van der Waals surface area contributed by atoms with E-state index >= 15 is 0 Å². The van der Waals surface area contributed by atoms with Crippen molar-refractivity contribution in [3.8, 4) is 5.69 Å². The molecule has 6 nitrogen and oxygen atoms in total. The minimum absolute atomic E-state index is 0.344. The van der Waals surface area contributed by atoms with E-state index in [0.717, 1.165) is 0 Å². The third-order valence-corrected chi connectivity index (χ3v) is 2.06. The Kier molecular flexibility index (Phi) is 2.74. The van der Waals surface area contributed by atoms with E-state index in [1.165, 1.54) is 17.1 Å². The minimum atomic E-state index is -1.15. The van der Waals surface area contributed by atoms with Crippen molar-refractivity contribution >= 4 is 23.5 Å². The number of rotatable bonds is 2. The second-order valence-electron chi connectivity index (χ2n) is 2.90. The summed E-state index contributed by atoms with van der Waals surface area (Å²) in [4.78, 5) is 14.4. The number of nitrogens with zero attached hydrogens (tertiary/aromatic N) is 3. The molecule has 7 heteroatoms. The van der Waals surface area contributed by atoms with E-state index in [0.29, 0.717) is 16.7 Å². The lowest BCUT2D eigenvalue weighted by molar-refractivity contribution is 0.209. The predicted octanol–water partition coefficient (Wildman–Crippen LogP) is 2.01. The molecule has 0 saturated carbocycles. The summed E-state index contributed by atoms with van der Waals surface area (Å²) in [6.07, 6.45) is 1.84. The zero-order chi connectivity index (χ0) is 11.5. The van der Waals surface area contributed by atoms with Crippen LogP contribution < -0.4 is 5.32 Å². The molecule has 0 aliphatic rings. The van der Waals surface area contributed by atoms with Crippen LogP contribution in [0, 0.1) is 0 Å². The van der Waals surface area contributed by atoms with Crippen molar-refractivity contribution in [2.45, 2.75) is 0 Å². The van der Waals surface area contributed by atoms with Gasteiger partial charge in [-0.2, -0.15) is 5.10 Å². The van der Waals surface area contributed by atoms with Crippen molar-refractivity contribution < 1.29 is 9.90 Å². The molecule has 0 aliphatic heterocycles. The molecule has 82 valence electrons. The number of pyridine rings is 1. The van der Waals surface area contributed by atoms with Crippen LogP contribution in [0.4, 0.5) is 10.6 Å². The van der Waals surface area contributed by atoms with Gasteiger partial charge in [0.2, 0.25) is 0 Å². The molecule has 0 bridgehead atoms. The number of carboxylic acid groups (broad SMARTS) is 1. The van der Waals surface area contributed by atoms with Crippen LogP contribution in [0.25, 0.3) is 5.69 Å². The first kappa shape index (κ1) is 10.4. The molecule has 2 N–H and O–H groups in total. The van der Waals surface area contributed by atoms with Crippen molar-refractivity contribution in [1.82, 2.24) is 14.8 Å². The number of carbonyl (C=O) groups is 1. The molecule has 0 fully saturated rings. The van der Waals surface area contributed by atoms with Crippen LogP contribution in [0.15, 0.2) is 30.6 Å². The van der Waals surface area contributed by atoms with Gasteiger partial charge >= 0.3 is 6.09 Å². The molecule has 2 aromatic heterocycles. The van der Waals surface area contributed by atoms with E-state index in [9.17, 15) is 4.79 Å². The molecule has 0 atom stereocenters. The van der Waals surface area contributed by atoms with E-state index < -0.39 is 6.09 Å². The predicted molar refractivity (Wildman–Crippen MR) is 58.0 cm³/mol. The third-order valence-electron chi connectivity index (χ3n) is 1.83. The Balaban J connectivity index is 2.36. The largest absolute Gasteiger partial charge is 0.465 e. The monoisotopic (exact) mass is 238 g/mol. The molecule has 1 amide bonds. The van der Waals surface area contributed by atoms with Crippen LogP contribution in [0.2, 0.25) is 5.15 Å². The van der Waals surface area contributed by atoms with Gasteiger partial charge in [-0.05, 0) is 12.1 Å². The summed E-state index contributed by atoms with van der Waals surface area (Å²) in [5.41, 5.74) is 0.623. The third kappa shape index (κ3) is 2.12.